The lowest BCUT2D eigenvalue weighted by Crippen LogP contribution is -2.41. The van der Waals surface area contributed by atoms with Gasteiger partial charge in [0.2, 0.25) is 5.43 Å². The summed E-state index contributed by atoms with van der Waals surface area (Å²) in [4.78, 5) is 42.5. The summed E-state index contributed by atoms with van der Waals surface area (Å²) in [5, 5.41) is 15.8. The van der Waals surface area contributed by atoms with Crippen LogP contribution in [0.5, 0.6) is 11.5 Å². The molecule has 2 saturated heterocycles. The van der Waals surface area contributed by atoms with Crippen LogP contribution in [0, 0.1) is 11.6 Å². The number of amides is 1. The molecule has 0 bridgehead atoms. The fourth-order valence-corrected chi connectivity index (χ4v) is 7.62. The van der Waals surface area contributed by atoms with E-state index in [1.807, 2.05) is 18.2 Å². The van der Waals surface area contributed by atoms with Crippen molar-refractivity contribution in [3.63, 3.8) is 0 Å². The highest BCUT2D eigenvalue weighted by atomic mass is 19.1. The van der Waals surface area contributed by atoms with E-state index >= 15 is 8.78 Å². The number of carbonyl (C=O) groups is 2. The van der Waals surface area contributed by atoms with E-state index in [0.29, 0.717) is 17.7 Å². The van der Waals surface area contributed by atoms with Crippen LogP contribution in [-0.2, 0) is 22.6 Å². The normalized spacial score (nSPS) is 21.8. The van der Waals surface area contributed by atoms with Gasteiger partial charge in [0.15, 0.2) is 23.1 Å². The van der Waals surface area contributed by atoms with Crippen molar-refractivity contribution in [2.24, 2.45) is 0 Å². The summed E-state index contributed by atoms with van der Waals surface area (Å²) in [6, 6.07) is 15.6. The number of aromatic nitrogens is 3. The lowest BCUT2D eigenvalue weighted by atomic mass is 10.0. The van der Waals surface area contributed by atoms with Gasteiger partial charge in [-0.05, 0) is 42.7 Å². The molecule has 1 aliphatic carbocycles. The third kappa shape index (κ3) is 6.17. The Bertz CT molecular complexity index is 2330. The molecule has 5 aromatic rings. The summed E-state index contributed by atoms with van der Waals surface area (Å²) in [7, 11) is 0. The number of ether oxygens (including phenoxy) is 4. The fourth-order valence-electron chi connectivity index (χ4n) is 7.62. The molecular formula is C39H35F2N5O8. The standard InChI is InChI=1S/C39H35F2N5O8/c40-30-13-25(45-17-27(54-38(45)49)16-43-12-4-11-42-43)9-10-32(30)53-22-39(50)15-26-20-51-36-33-28(14-31(41)34(36)46(26)21-39)35(47)29(18-44(33)24-7-8-24)37(48)52-19-23-5-2-1-3-6-23/h1-6,9-14,18,24,26-27,50H,7-8,15-17,19-22H2/t26-,27?,39-/m0/s1. The Kier molecular flexibility index (Phi) is 8.25. The van der Waals surface area contributed by atoms with Crippen molar-refractivity contribution in [2.75, 3.05) is 36.1 Å². The van der Waals surface area contributed by atoms with Crippen LogP contribution in [0.3, 0.4) is 0 Å². The first-order chi connectivity index (χ1) is 26.1. The highest BCUT2D eigenvalue weighted by molar-refractivity contribution is 5.98. The maximum atomic E-state index is 16.1. The fraction of sp³-hybridized carbons (Fsp3) is 0.333. The number of nitrogens with zero attached hydrogens (tertiary/aromatic N) is 5. The first-order valence-corrected chi connectivity index (χ1v) is 17.8. The van der Waals surface area contributed by atoms with Crippen molar-refractivity contribution in [3.05, 3.63) is 112 Å². The van der Waals surface area contributed by atoms with Gasteiger partial charge in [0, 0.05) is 37.1 Å². The molecule has 54 heavy (non-hydrogen) atoms. The summed E-state index contributed by atoms with van der Waals surface area (Å²) >= 11 is 0. The maximum Gasteiger partial charge on any atom is 0.414 e. The Morgan fingerprint density at radius 1 is 1.04 bits per heavy atom. The zero-order valence-electron chi connectivity index (χ0n) is 28.9. The van der Waals surface area contributed by atoms with Crippen LogP contribution < -0.4 is 24.7 Å². The summed E-state index contributed by atoms with van der Waals surface area (Å²) < 4.78 is 57.8. The molecule has 4 aliphatic rings. The Labute approximate surface area is 306 Å². The van der Waals surface area contributed by atoms with Gasteiger partial charge in [0.25, 0.3) is 0 Å². The molecular weight excluding hydrogens is 704 g/mol. The minimum atomic E-state index is -1.51. The van der Waals surface area contributed by atoms with Gasteiger partial charge in [-0.3, -0.25) is 14.4 Å². The lowest BCUT2D eigenvalue weighted by Gasteiger charge is -2.34. The van der Waals surface area contributed by atoms with Gasteiger partial charge >= 0.3 is 12.1 Å². The smallest absolute Gasteiger partial charge is 0.414 e. The van der Waals surface area contributed by atoms with Crippen molar-refractivity contribution in [1.29, 1.82) is 0 Å². The Morgan fingerprint density at radius 3 is 2.63 bits per heavy atom. The Morgan fingerprint density at radius 2 is 1.87 bits per heavy atom. The van der Waals surface area contributed by atoms with E-state index < -0.39 is 46.9 Å². The van der Waals surface area contributed by atoms with E-state index in [-0.39, 0.29) is 73.5 Å². The number of cyclic esters (lactones) is 1. The van der Waals surface area contributed by atoms with E-state index in [4.69, 9.17) is 18.9 Å². The average molecular weight is 740 g/mol. The second kappa shape index (κ2) is 13.2. The zero-order chi connectivity index (χ0) is 37.1. The van der Waals surface area contributed by atoms with Crippen molar-refractivity contribution < 1.29 is 42.4 Å². The third-order valence-electron chi connectivity index (χ3n) is 10.3. The molecule has 278 valence electrons. The predicted octanol–water partition coefficient (Wildman–Crippen LogP) is 4.97. The van der Waals surface area contributed by atoms with Crippen LogP contribution in [0.2, 0.25) is 0 Å². The number of carbonyl (C=O) groups excluding carboxylic acids is 2. The van der Waals surface area contributed by atoms with Crippen molar-refractivity contribution >= 4 is 34.3 Å². The number of halogens is 2. The monoisotopic (exact) mass is 739 g/mol. The van der Waals surface area contributed by atoms with E-state index in [0.717, 1.165) is 24.5 Å². The van der Waals surface area contributed by atoms with E-state index in [9.17, 15) is 19.5 Å². The van der Waals surface area contributed by atoms with E-state index in [1.54, 1.807) is 44.7 Å². The first kappa shape index (κ1) is 33.8. The second-order valence-corrected chi connectivity index (χ2v) is 14.3. The third-order valence-corrected chi connectivity index (χ3v) is 10.3. The SMILES string of the molecule is O=C(OCc1ccccc1)c1cn(C2CC2)c2c3c(c(F)cc2c1=O)N1C[C@](O)(COc2ccc(N4CC(Cn5cccn5)OC4=O)cc2F)C[C@H]1CO3. The molecule has 5 heterocycles. The quantitative estimate of drug-likeness (QED) is 0.196. The van der Waals surface area contributed by atoms with Gasteiger partial charge in [-0.1, -0.05) is 30.3 Å². The first-order valence-electron chi connectivity index (χ1n) is 17.8. The summed E-state index contributed by atoms with van der Waals surface area (Å²) in [5.41, 5.74) is -0.839. The summed E-state index contributed by atoms with van der Waals surface area (Å²) in [6.07, 6.45) is 5.55. The van der Waals surface area contributed by atoms with Crippen LogP contribution in [0.1, 0.15) is 41.2 Å². The summed E-state index contributed by atoms with van der Waals surface area (Å²) in [5.74, 6) is -2.24. The molecule has 13 nitrogen and oxygen atoms in total. The van der Waals surface area contributed by atoms with Crippen LogP contribution in [0.4, 0.5) is 25.0 Å². The predicted molar refractivity (Wildman–Crippen MR) is 190 cm³/mol. The van der Waals surface area contributed by atoms with Gasteiger partial charge in [-0.15, -0.1) is 0 Å². The molecule has 1 N–H and O–H groups in total. The van der Waals surface area contributed by atoms with Crippen LogP contribution in [0.15, 0.2) is 84.0 Å². The molecule has 2 aromatic heterocycles. The highest BCUT2D eigenvalue weighted by Gasteiger charge is 2.48. The van der Waals surface area contributed by atoms with Crippen molar-refractivity contribution in [1.82, 2.24) is 14.3 Å². The molecule has 15 heteroatoms. The number of aliphatic hydroxyl groups is 1. The minimum Gasteiger partial charge on any atom is -0.487 e. The van der Waals surface area contributed by atoms with Gasteiger partial charge in [0.1, 0.15) is 42.8 Å². The van der Waals surface area contributed by atoms with Crippen LogP contribution >= 0.6 is 0 Å². The molecule has 3 atom stereocenters. The Balaban J connectivity index is 0.926. The summed E-state index contributed by atoms with van der Waals surface area (Å²) in [6.45, 7) is 0.281. The van der Waals surface area contributed by atoms with E-state index in [2.05, 4.69) is 5.10 Å². The van der Waals surface area contributed by atoms with Crippen LogP contribution in [-0.4, -0.2) is 75.6 Å². The Hall–Kier alpha value is -5.96. The number of pyridine rings is 1. The molecule has 9 rings (SSSR count). The number of fused-ring (bicyclic) bond motifs is 5. The van der Waals surface area contributed by atoms with Crippen LogP contribution in [0.25, 0.3) is 10.9 Å². The number of anilines is 2. The molecule has 1 saturated carbocycles. The number of hydrogen-bond acceptors (Lipinski definition) is 10. The number of benzene rings is 3. The molecule has 3 aliphatic heterocycles. The molecule has 1 unspecified atom stereocenters. The van der Waals surface area contributed by atoms with Gasteiger partial charge < -0.3 is 33.5 Å². The molecule has 3 fully saturated rings. The maximum absolute atomic E-state index is 16.1. The van der Waals surface area contributed by atoms with Crippen molar-refractivity contribution in [2.45, 2.75) is 56.2 Å². The topological polar surface area (TPSA) is 138 Å². The minimum absolute atomic E-state index is 0.00176. The van der Waals surface area contributed by atoms with Crippen molar-refractivity contribution in [3.8, 4) is 11.5 Å². The average Bonchev–Trinajstić information content (AvgIpc) is 3.58. The molecule has 3 aromatic carbocycles. The second-order valence-electron chi connectivity index (χ2n) is 14.3. The van der Waals surface area contributed by atoms with Gasteiger partial charge in [0.05, 0.1) is 42.3 Å². The lowest BCUT2D eigenvalue weighted by molar-refractivity contribution is 0.00980. The number of esters is 1. The highest BCUT2D eigenvalue weighted by Crippen LogP contribution is 2.48. The number of hydrogen-bond donors (Lipinski definition) is 1. The largest absolute Gasteiger partial charge is 0.487 e. The molecule has 1 amide bonds. The zero-order valence-corrected chi connectivity index (χ0v) is 28.9. The number of rotatable bonds is 10. The molecule has 0 spiro atoms. The van der Waals surface area contributed by atoms with Gasteiger partial charge in [-0.2, -0.15) is 5.10 Å². The van der Waals surface area contributed by atoms with Gasteiger partial charge in [-0.25, -0.2) is 18.4 Å². The van der Waals surface area contributed by atoms with E-state index in [1.165, 1.54) is 29.3 Å². The molecule has 0 radical (unpaired) electrons.